The molecule has 2 rings (SSSR count). The molecule has 0 aliphatic rings. The maximum absolute atomic E-state index is 5.32. The van der Waals surface area contributed by atoms with Gasteiger partial charge in [-0.3, -0.25) is 0 Å². The summed E-state index contributed by atoms with van der Waals surface area (Å²) in [6.07, 6.45) is 3.61. The molecule has 2 heterocycles. The second kappa shape index (κ2) is 4.09. The SMILES string of the molecule is COC(C)(C)CNc1ccn2nccc2n1. The molecular formula is C11H16N4O. The van der Waals surface area contributed by atoms with Crippen molar-refractivity contribution in [3.05, 3.63) is 24.5 Å². The van der Waals surface area contributed by atoms with Gasteiger partial charge in [-0.25, -0.2) is 9.50 Å². The van der Waals surface area contributed by atoms with Crippen molar-refractivity contribution in [2.45, 2.75) is 19.4 Å². The highest BCUT2D eigenvalue weighted by Crippen LogP contribution is 2.10. The molecule has 2 aromatic heterocycles. The second-order valence-corrected chi connectivity index (χ2v) is 4.26. The van der Waals surface area contributed by atoms with Crippen molar-refractivity contribution < 1.29 is 4.74 Å². The summed E-state index contributed by atoms with van der Waals surface area (Å²) in [5, 5.41) is 7.33. The van der Waals surface area contributed by atoms with E-state index in [4.69, 9.17) is 4.74 Å². The van der Waals surface area contributed by atoms with Crippen molar-refractivity contribution in [3.8, 4) is 0 Å². The number of fused-ring (bicyclic) bond motifs is 1. The van der Waals surface area contributed by atoms with E-state index in [1.54, 1.807) is 17.8 Å². The number of methoxy groups -OCH3 is 1. The Hall–Kier alpha value is -1.62. The van der Waals surface area contributed by atoms with E-state index < -0.39 is 0 Å². The van der Waals surface area contributed by atoms with Gasteiger partial charge in [-0.15, -0.1) is 0 Å². The molecule has 0 atom stereocenters. The number of aromatic nitrogens is 3. The average Bonchev–Trinajstić information content (AvgIpc) is 2.73. The number of hydrogen-bond donors (Lipinski definition) is 1. The second-order valence-electron chi connectivity index (χ2n) is 4.26. The van der Waals surface area contributed by atoms with Gasteiger partial charge in [0.1, 0.15) is 5.82 Å². The van der Waals surface area contributed by atoms with Crippen LogP contribution >= 0.6 is 0 Å². The Morgan fingerprint density at radius 2 is 2.25 bits per heavy atom. The number of anilines is 1. The first-order valence-corrected chi connectivity index (χ1v) is 5.20. The van der Waals surface area contributed by atoms with Gasteiger partial charge in [-0.2, -0.15) is 5.10 Å². The molecule has 0 radical (unpaired) electrons. The van der Waals surface area contributed by atoms with Crippen LogP contribution < -0.4 is 5.32 Å². The van der Waals surface area contributed by atoms with Crippen molar-refractivity contribution in [1.82, 2.24) is 14.6 Å². The summed E-state index contributed by atoms with van der Waals surface area (Å²) in [4.78, 5) is 4.41. The number of nitrogens with one attached hydrogen (secondary N) is 1. The first kappa shape index (κ1) is 10.9. The molecule has 5 heteroatoms. The quantitative estimate of drug-likeness (QED) is 0.849. The molecule has 0 amide bonds. The summed E-state index contributed by atoms with van der Waals surface area (Å²) in [6.45, 7) is 4.76. The number of rotatable bonds is 4. The summed E-state index contributed by atoms with van der Waals surface area (Å²) in [6, 6.07) is 3.76. The Morgan fingerprint density at radius 3 is 3.00 bits per heavy atom. The number of hydrogen-bond acceptors (Lipinski definition) is 4. The first-order valence-electron chi connectivity index (χ1n) is 5.20. The maximum atomic E-state index is 5.32. The van der Waals surface area contributed by atoms with Crippen molar-refractivity contribution in [2.24, 2.45) is 0 Å². The fraction of sp³-hybridized carbons (Fsp3) is 0.455. The average molecular weight is 220 g/mol. The Bertz CT molecular complexity index is 478. The monoisotopic (exact) mass is 220 g/mol. The zero-order valence-corrected chi connectivity index (χ0v) is 9.77. The van der Waals surface area contributed by atoms with Crippen molar-refractivity contribution >= 4 is 11.5 Å². The molecule has 0 aliphatic carbocycles. The predicted molar refractivity (Wildman–Crippen MR) is 62.6 cm³/mol. The van der Waals surface area contributed by atoms with E-state index in [-0.39, 0.29) is 5.60 Å². The van der Waals surface area contributed by atoms with E-state index in [0.29, 0.717) is 6.54 Å². The van der Waals surface area contributed by atoms with Crippen LogP contribution in [0.5, 0.6) is 0 Å². The predicted octanol–water partition coefficient (Wildman–Crippen LogP) is 1.57. The minimum Gasteiger partial charge on any atom is -0.377 e. The van der Waals surface area contributed by atoms with Gasteiger partial charge < -0.3 is 10.1 Å². The van der Waals surface area contributed by atoms with E-state index in [1.165, 1.54) is 0 Å². The highest BCUT2D eigenvalue weighted by atomic mass is 16.5. The van der Waals surface area contributed by atoms with Crippen LogP contribution in [0, 0.1) is 0 Å². The van der Waals surface area contributed by atoms with Gasteiger partial charge in [0.25, 0.3) is 0 Å². The lowest BCUT2D eigenvalue weighted by atomic mass is 10.1. The molecule has 0 aromatic carbocycles. The van der Waals surface area contributed by atoms with Gasteiger partial charge in [0.2, 0.25) is 0 Å². The van der Waals surface area contributed by atoms with Gasteiger partial charge in [-0.1, -0.05) is 0 Å². The Kier molecular flexibility index (Phi) is 2.78. The summed E-state index contributed by atoms with van der Waals surface area (Å²) in [5.74, 6) is 0.832. The molecule has 2 aromatic rings. The maximum Gasteiger partial charge on any atom is 0.157 e. The molecule has 86 valence electrons. The van der Waals surface area contributed by atoms with Crippen LogP contribution in [-0.4, -0.2) is 33.9 Å². The van der Waals surface area contributed by atoms with Crippen LogP contribution in [0.1, 0.15) is 13.8 Å². The highest BCUT2D eigenvalue weighted by molar-refractivity contribution is 5.45. The highest BCUT2D eigenvalue weighted by Gasteiger charge is 2.15. The normalized spacial score (nSPS) is 11.9. The molecule has 0 saturated carbocycles. The minimum atomic E-state index is -0.200. The zero-order valence-electron chi connectivity index (χ0n) is 9.77. The smallest absolute Gasteiger partial charge is 0.157 e. The molecule has 16 heavy (non-hydrogen) atoms. The molecule has 5 nitrogen and oxygen atoms in total. The Morgan fingerprint density at radius 1 is 1.44 bits per heavy atom. The molecule has 0 fully saturated rings. The van der Waals surface area contributed by atoms with E-state index in [1.807, 2.05) is 32.2 Å². The van der Waals surface area contributed by atoms with Crippen molar-refractivity contribution in [1.29, 1.82) is 0 Å². The van der Waals surface area contributed by atoms with Crippen LogP contribution in [-0.2, 0) is 4.74 Å². The van der Waals surface area contributed by atoms with E-state index in [2.05, 4.69) is 15.4 Å². The third-order valence-corrected chi connectivity index (χ3v) is 2.51. The first-order chi connectivity index (χ1) is 7.61. The van der Waals surface area contributed by atoms with Gasteiger partial charge in [0.05, 0.1) is 11.8 Å². The fourth-order valence-electron chi connectivity index (χ4n) is 1.29. The molecule has 0 bridgehead atoms. The molecule has 0 aliphatic heterocycles. The molecule has 1 N–H and O–H groups in total. The molecule has 0 unspecified atom stereocenters. The summed E-state index contributed by atoms with van der Waals surface area (Å²) < 4.78 is 7.05. The van der Waals surface area contributed by atoms with Crippen LogP contribution in [0.15, 0.2) is 24.5 Å². The van der Waals surface area contributed by atoms with E-state index in [0.717, 1.165) is 11.5 Å². The third kappa shape index (κ3) is 2.30. The number of nitrogens with zero attached hydrogens (tertiary/aromatic N) is 3. The molecule has 0 saturated heterocycles. The van der Waals surface area contributed by atoms with Gasteiger partial charge in [0, 0.05) is 25.9 Å². The van der Waals surface area contributed by atoms with Gasteiger partial charge in [0.15, 0.2) is 5.65 Å². The summed E-state index contributed by atoms with van der Waals surface area (Å²) in [5.41, 5.74) is 0.633. The third-order valence-electron chi connectivity index (χ3n) is 2.51. The van der Waals surface area contributed by atoms with Crippen molar-refractivity contribution in [3.63, 3.8) is 0 Å². The minimum absolute atomic E-state index is 0.200. The molecular weight excluding hydrogens is 204 g/mol. The lowest BCUT2D eigenvalue weighted by Crippen LogP contribution is -2.32. The lowest BCUT2D eigenvalue weighted by Gasteiger charge is -2.23. The zero-order chi connectivity index (χ0) is 11.6. The topological polar surface area (TPSA) is 51.5 Å². The summed E-state index contributed by atoms with van der Waals surface area (Å²) >= 11 is 0. The Labute approximate surface area is 94.4 Å². The number of ether oxygens (including phenoxy) is 1. The Balaban J connectivity index is 2.09. The molecule has 0 spiro atoms. The standard InChI is InChI=1S/C11H16N4O/c1-11(2,16-3)8-12-9-5-7-15-10(14-9)4-6-13-15/h4-7H,8H2,1-3H3,(H,12,14). The van der Waals surface area contributed by atoms with Gasteiger partial charge >= 0.3 is 0 Å². The van der Waals surface area contributed by atoms with Crippen LogP contribution in [0.25, 0.3) is 5.65 Å². The van der Waals surface area contributed by atoms with E-state index in [9.17, 15) is 0 Å². The van der Waals surface area contributed by atoms with Crippen LogP contribution in [0.4, 0.5) is 5.82 Å². The summed E-state index contributed by atoms with van der Waals surface area (Å²) in [7, 11) is 1.70. The lowest BCUT2D eigenvalue weighted by molar-refractivity contribution is 0.0343. The largest absolute Gasteiger partial charge is 0.377 e. The fourth-order valence-corrected chi connectivity index (χ4v) is 1.29. The van der Waals surface area contributed by atoms with Crippen LogP contribution in [0.2, 0.25) is 0 Å². The van der Waals surface area contributed by atoms with Crippen molar-refractivity contribution in [2.75, 3.05) is 19.0 Å². The van der Waals surface area contributed by atoms with Gasteiger partial charge in [-0.05, 0) is 19.9 Å². The van der Waals surface area contributed by atoms with Crippen LogP contribution in [0.3, 0.4) is 0 Å². The van der Waals surface area contributed by atoms with E-state index >= 15 is 0 Å².